The van der Waals surface area contributed by atoms with Crippen molar-refractivity contribution in [3.05, 3.63) is 18.6 Å². The Hall–Kier alpha value is -2.36. The zero-order valence-corrected chi connectivity index (χ0v) is 18.6. The number of fused-ring (bicyclic) bond motifs is 1. The van der Waals surface area contributed by atoms with Gasteiger partial charge in [-0.05, 0) is 45.6 Å². The number of hydrogen-bond donors (Lipinski definition) is 1. The van der Waals surface area contributed by atoms with E-state index in [1.807, 2.05) is 19.3 Å². The van der Waals surface area contributed by atoms with E-state index in [1.54, 1.807) is 20.8 Å². The topological polar surface area (TPSA) is 108 Å². The lowest BCUT2D eigenvalue weighted by Crippen LogP contribution is -2.59. The van der Waals surface area contributed by atoms with Crippen LogP contribution in [0.1, 0.15) is 33.6 Å². The fourth-order valence-electron chi connectivity index (χ4n) is 4.07. The van der Waals surface area contributed by atoms with Gasteiger partial charge in [-0.15, -0.1) is 0 Å². The molecule has 0 atom stereocenters. The number of carbonyl (C=O) groups excluding carboxylic acids is 1. The van der Waals surface area contributed by atoms with E-state index in [0.29, 0.717) is 0 Å². The van der Waals surface area contributed by atoms with Gasteiger partial charge in [-0.25, -0.2) is 23.2 Å². The van der Waals surface area contributed by atoms with Gasteiger partial charge >= 0.3 is 6.09 Å². The average molecular weight is 436 g/mol. The fraction of sp³-hybridized carbons (Fsp3) is 0.650. The lowest BCUT2D eigenvalue weighted by atomic mass is 9.81. The van der Waals surface area contributed by atoms with Crippen LogP contribution in [-0.2, 0) is 14.6 Å². The van der Waals surface area contributed by atoms with Gasteiger partial charge in [0.05, 0.1) is 16.4 Å². The molecule has 0 spiro atoms. The molecular weight excluding hydrogens is 406 g/mol. The maximum atomic E-state index is 12.7. The summed E-state index contributed by atoms with van der Waals surface area (Å²) >= 11 is 0. The van der Waals surface area contributed by atoms with Crippen molar-refractivity contribution in [2.45, 2.75) is 50.5 Å². The average Bonchev–Trinajstić information content (AvgIpc) is 3.02. The van der Waals surface area contributed by atoms with Crippen LogP contribution in [0.3, 0.4) is 0 Å². The number of aromatic nitrogens is 3. The first-order chi connectivity index (χ1) is 14.0. The second-order valence-electron chi connectivity index (χ2n) is 9.38. The summed E-state index contributed by atoms with van der Waals surface area (Å²) < 4.78 is 30.8. The van der Waals surface area contributed by atoms with Crippen molar-refractivity contribution >= 4 is 32.8 Å². The molecule has 1 saturated carbocycles. The molecular formula is C20H29N5O4S. The first kappa shape index (κ1) is 20.9. The van der Waals surface area contributed by atoms with E-state index in [2.05, 4.69) is 19.9 Å². The third kappa shape index (κ3) is 4.10. The summed E-state index contributed by atoms with van der Waals surface area (Å²) in [5.41, 5.74) is 0.216. The molecule has 0 aromatic carbocycles. The normalized spacial score (nSPS) is 22.5. The molecule has 3 heterocycles. The van der Waals surface area contributed by atoms with Crippen LogP contribution in [0.2, 0.25) is 0 Å². The maximum absolute atomic E-state index is 12.7. The van der Waals surface area contributed by atoms with Gasteiger partial charge in [0.25, 0.3) is 0 Å². The van der Waals surface area contributed by atoms with E-state index in [4.69, 9.17) is 4.74 Å². The van der Waals surface area contributed by atoms with Crippen molar-refractivity contribution in [1.29, 1.82) is 0 Å². The van der Waals surface area contributed by atoms with E-state index in [9.17, 15) is 13.2 Å². The lowest BCUT2D eigenvalue weighted by Gasteiger charge is -2.44. The van der Waals surface area contributed by atoms with Crippen LogP contribution in [-0.4, -0.2) is 77.1 Å². The van der Waals surface area contributed by atoms with E-state index in [0.717, 1.165) is 29.7 Å². The second kappa shape index (κ2) is 7.40. The van der Waals surface area contributed by atoms with E-state index in [1.165, 1.54) is 11.2 Å². The van der Waals surface area contributed by atoms with Gasteiger partial charge < -0.3 is 19.5 Å². The van der Waals surface area contributed by atoms with Gasteiger partial charge in [-0.2, -0.15) is 0 Å². The standard InChI is InChI=1S/C20H29N5O4S/c1-20(2,3)29-19(26)25-9-15(10-25)30(27,28)11-13-7-14(8-13)24(4)18-16-5-6-21-17(16)22-12-23-18/h5-6,12-15H,7-11H2,1-4H3,(H,21,22,23)/t13-,14-. The highest BCUT2D eigenvalue weighted by molar-refractivity contribution is 7.92. The molecule has 2 aliphatic rings. The number of amides is 1. The van der Waals surface area contributed by atoms with E-state index < -0.39 is 26.8 Å². The Balaban J connectivity index is 1.28. The number of nitrogens with one attached hydrogen (secondary N) is 1. The Morgan fingerprint density at radius 3 is 2.67 bits per heavy atom. The summed E-state index contributed by atoms with van der Waals surface area (Å²) in [5.74, 6) is 1.18. The molecule has 164 valence electrons. The lowest BCUT2D eigenvalue weighted by molar-refractivity contribution is 0.0138. The molecule has 10 heteroatoms. The van der Waals surface area contributed by atoms with Crippen molar-refractivity contribution in [1.82, 2.24) is 19.9 Å². The van der Waals surface area contributed by atoms with Crippen LogP contribution < -0.4 is 4.90 Å². The summed E-state index contributed by atoms with van der Waals surface area (Å²) in [5, 5.41) is 0.482. The first-order valence-electron chi connectivity index (χ1n) is 10.2. The third-order valence-corrected chi connectivity index (χ3v) is 8.15. The molecule has 9 nitrogen and oxygen atoms in total. The monoisotopic (exact) mass is 435 g/mol. The minimum Gasteiger partial charge on any atom is -0.444 e. The van der Waals surface area contributed by atoms with Gasteiger partial charge in [0.2, 0.25) is 0 Å². The van der Waals surface area contributed by atoms with E-state index in [-0.39, 0.29) is 30.8 Å². The fourth-order valence-corrected chi connectivity index (χ4v) is 6.09. The number of H-pyrrole nitrogens is 1. The van der Waals surface area contributed by atoms with Gasteiger partial charge in [0.1, 0.15) is 23.4 Å². The third-order valence-electron chi connectivity index (χ3n) is 5.90. The van der Waals surface area contributed by atoms with Crippen molar-refractivity contribution in [3.63, 3.8) is 0 Å². The van der Waals surface area contributed by atoms with Crippen molar-refractivity contribution in [2.24, 2.45) is 5.92 Å². The number of rotatable bonds is 5. The zero-order chi connectivity index (χ0) is 21.7. The molecule has 0 bridgehead atoms. The zero-order valence-electron chi connectivity index (χ0n) is 17.8. The first-order valence-corrected chi connectivity index (χ1v) is 12.0. The van der Waals surface area contributed by atoms with Gasteiger partial charge in [-0.3, -0.25) is 0 Å². The number of ether oxygens (including phenoxy) is 1. The molecule has 4 rings (SSSR count). The summed E-state index contributed by atoms with van der Waals surface area (Å²) in [6, 6.07) is 2.22. The van der Waals surface area contributed by atoms with Crippen molar-refractivity contribution in [2.75, 3.05) is 30.8 Å². The number of nitrogens with zero attached hydrogens (tertiary/aromatic N) is 4. The van der Waals surface area contributed by atoms with Crippen LogP contribution in [0.15, 0.2) is 18.6 Å². The van der Waals surface area contributed by atoms with Gasteiger partial charge in [0, 0.05) is 32.4 Å². The number of carbonyl (C=O) groups is 1. The minimum atomic E-state index is -3.23. The molecule has 1 saturated heterocycles. The highest BCUT2D eigenvalue weighted by Crippen LogP contribution is 2.37. The molecule has 1 aliphatic carbocycles. The number of hydrogen-bond acceptors (Lipinski definition) is 7. The van der Waals surface area contributed by atoms with Gasteiger partial charge in [0.15, 0.2) is 9.84 Å². The predicted octanol–water partition coefficient (Wildman–Crippen LogP) is 2.21. The second-order valence-corrected chi connectivity index (χ2v) is 11.7. The minimum absolute atomic E-state index is 0.140. The van der Waals surface area contributed by atoms with E-state index >= 15 is 0 Å². The molecule has 30 heavy (non-hydrogen) atoms. The molecule has 2 fully saturated rings. The Kier molecular flexibility index (Phi) is 5.16. The molecule has 2 aromatic rings. The summed E-state index contributed by atoms with van der Waals surface area (Å²) in [7, 11) is -1.24. The molecule has 0 unspecified atom stereocenters. The molecule has 1 N–H and O–H groups in total. The van der Waals surface area contributed by atoms with Gasteiger partial charge in [-0.1, -0.05) is 0 Å². The van der Waals surface area contributed by atoms with Crippen LogP contribution in [0, 0.1) is 5.92 Å². The van der Waals surface area contributed by atoms with Crippen molar-refractivity contribution < 1.29 is 17.9 Å². The van der Waals surface area contributed by atoms with Crippen LogP contribution in [0.25, 0.3) is 11.0 Å². The van der Waals surface area contributed by atoms with Crippen molar-refractivity contribution in [3.8, 4) is 0 Å². The van der Waals surface area contributed by atoms with Crippen LogP contribution in [0.5, 0.6) is 0 Å². The van der Waals surface area contributed by atoms with Crippen LogP contribution in [0.4, 0.5) is 10.6 Å². The van der Waals surface area contributed by atoms with Crippen LogP contribution >= 0.6 is 0 Å². The molecule has 2 aromatic heterocycles. The Morgan fingerprint density at radius 1 is 1.30 bits per heavy atom. The quantitative estimate of drug-likeness (QED) is 0.767. The molecule has 0 radical (unpaired) electrons. The number of aromatic amines is 1. The maximum Gasteiger partial charge on any atom is 0.410 e. The summed E-state index contributed by atoms with van der Waals surface area (Å²) in [6.07, 6.45) is 4.56. The smallest absolute Gasteiger partial charge is 0.410 e. The highest BCUT2D eigenvalue weighted by atomic mass is 32.2. The Labute approximate surface area is 176 Å². The Morgan fingerprint density at radius 2 is 2.00 bits per heavy atom. The SMILES string of the molecule is CN(c1ncnc2[nH]ccc12)[C@H]1C[C@H](CS(=O)(=O)C2CN(C(=O)OC(C)(C)C)C2)C1. The molecule has 1 aliphatic heterocycles. The Bertz CT molecular complexity index is 1030. The molecule has 1 amide bonds. The number of anilines is 1. The summed E-state index contributed by atoms with van der Waals surface area (Å²) in [6.45, 7) is 5.84. The highest BCUT2D eigenvalue weighted by Gasteiger charge is 2.44. The summed E-state index contributed by atoms with van der Waals surface area (Å²) in [4.78, 5) is 27.3. The largest absolute Gasteiger partial charge is 0.444 e. The number of sulfone groups is 1. The number of likely N-dealkylation sites (tertiary alicyclic amines) is 1. The predicted molar refractivity (Wildman–Crippen MR) is 114 cm³/mol.